The molecule has 2 aromatic rings. The molecule has 1 unspecified atom stereocenters. The van der Waals surface area contributed by atoms with Crippen molar-refractivity contribution in [2.75, 3.05) is 94.9 Å². The van der Waals surface area contributed by atoms with Crippen LogP contribution in [0.25, 0.3) is 0 Å². The summed E-state index contributed by atoms with van der Waals surface area (Å²) in [5.41, 5.74) is 7.50. The number of unbranched alkanes of at least 4 members (excludes halogenated alkanes) is 3. The van der Waals surface area contributed by atoms with Gasteiger partial charge in [0.15, 0.2) is 5.71 Å². The standard InChI is InChI=1S/C36H49N3O12S4.3C6H15N/c1-35(2)29-25-27(54(46,47)48)15-17-31(29)38(21-11-23-52(40,41)42)33(35)13-7-6-8-14-34-36(3,19-9-4-5-10-20-37)30-26-28(55(49,50)51)16-18-32(30)39(34)22-12-24-53(43,44)45;3*1-4-7(5-2)6-3/h6-8,13-18,25-26H,4-5,9-12,19-24,37H2,1-3H3,(H3-,40,41,42,43,44,45,46,47,48,49,50,51);3*4-6H2,1-3H3. The first-order chi connectivity index (χ1) is 35.4. The number of hydrogen-bond acceptors (Lipinski definition) is 14. The first-order valence-corrected chi connectivity index (χ1v) is 33.2. The van der Waals surface area contributed by atoms with E-state index in [4.69, 9.17) is 5.73 Å². The SMILES string of the molecule is CC1(C)C(/C=C/C=C/C=C2\N(CCCS(=O)(=O)[O-])c3ccc(S(=O)(=O)[O-])cc3C2(C)CCCCCCN)=[N+](CCCS(=O)(=O)[O-])c2ccc(S(=O)(=O)[O-])cc21.CC[NH+](CC)CC.CC[NH+](CC)CC.CC[NH+](CC)CC. The Balaban J connectivity index is 0.00000115. The van der Waals surface area contributed by atoms with E-state index in [1.807, 2.05) is 25.7 Å². The highest BCUT2D eigenvalue weighted by atomic mass is 32.2. The molecule has 0 saturated carbocycles. The highest BCUT2D eigenvalue weighted by molar-refractivity contribution is 7.86. The van der Waals surface area contributed by atoms with Gasteiger partial charge in [0.2, 0.25) is 5.69 Å². The molecule has 0 bridgehead atoms. The molecule has 0 aliphatic carbocycles. The molecule has 0 saturated heterocycles. The van der Waals surface area contributed by atoms with E-state index >= 15 is 0 Å². The third-order valence-electron chi connectivity index (χ3n) is 14.6. The number of nitrogens with two attached hydrogens (primary N) is 1. The maximum atomic E-state index is 12.1. The van der Waals surface area contributed by atoms with Gasteiger partial charge in [-0.3, -0.25) is 0 Å². The van der Waals surface area contributed by atoms with Crippen LogP contribution in [-0.4, -0.2) is 152 Å². The fourth-order valence-corrected chi connectivity index (χ4v) is 11.6. The first kappa shape index (κ1) is 70.6. The highest BCUT2D eigenvalue weighted by Crippen LogP contribution is 2.51. The molecule has 5 N–H and O–H groups in total. The Morgan fingerprint density at radius 1 is 0.566 bits per heavy atom. The Morgan fingerprint density at radius 3 is 1.45 bits per heavy atom. The molecule has 22 heteroatoms. The maximum absolute atomic E-state index is 12.1. The quantitative estimate of drug-likeness (QED) is 0.0413. The number of rotatable bonds is 28. The van der Waals surface area contributed by atoms with Crippen LogP contribution >= 0.6 is 0 Å². The molecule has 2 heterocycles. The van der Waals surface area contributed by atoms with E-state index in [0.717, 1.165) is 25.7 Å². The van der Waals surface area contributed by atoms with Crippen molar-refractivity contribution in [2.45, 2.75) is 149 Å². The summed E-state index contributed by atoms with van der Waals surface area (Å²) in [6.45, 7) is 37.7. The van der Waals surface area contributed by atoms with Crippen LogP contribution < -0.4 is 25.3 Å². The molecule has 2 aliphatic rings. The van der Waals surface area contributed by atoms with E-state index in [9.17, 15) is 51.9 Å². The molecule has 2 aromatic carbocycles. The van der Waals surface area contributed by atoms with Crippen LogP contribution in [-0.2, 0) is 51.3 Å². The lowest BCUT2D eigenvalue weighted by Gasteiger charge is -2.31. The van der Waals surface area contributed by atoms with E-state index < -0.39 is 72.6 Å². The summed E-state index contributed by atoms with van der Waals surface area (Å²) in [4.78, 5) is 6.04. The average molecular weight is 1150 g/mol. The third kappa shape index (κ3) is 22.8. The molecule has 76 heavy (non-hydrogen) atoms. The summed E-state index contributed by atoms with van der Waals surface area (Å²) >= 11 is 0. The average Bonchev–Trinajstić information content (AvgIpc) is 3.70. The second kappa shape index (κ2) is 33.3. The van der Waals surface area contributed by atoms with Crippen LogP contribution in [0.5, 0.6) is 0 Å². The van der Waals surface area contributed by atoms with E-state index in [-0.39, 0.29) is 25.9 Å². The first-order valence-electron chi connectivity index (χ1n) is 27.2. The van der Waals surface area contributed by atoms with E-state index in [1.54, 1.807) is 49.7 Å². The van der Waals surface area contributed by atoms with Crippen molar-refractivity contribution in [3.8, 4) is 0 Å². The summed E-state index contributed by atoms with van der Waals surface area (Å²) < 4.78 is 142. The van der Waals surface area contributed by atoms with Gasteiger partial charge >= 0.3 is 0 Å². The van der Waals surface area contributed by atoms with Gasteiger partial charge in [0.25, 0.3) is 0 Å². The zero-order valence-electron chi connectivity index (χ0n) is 47.7. The Bertz CT molecular complexity index is 2630. The molecule has 18 nitrogen and oxygen atoms in total. The van der Waals surface area contributed by atoms with Gasteiger partial charge in [-0.15, -0.1) is 0 Å². The number of nitrogens with one attached hydrogen (secondary N) is 3. The minimum absolute atomic E-state index is 0.0206. The predicted molar refractivity (Wildman–Crippen MR) is 301 cm³/mol. The number of hydrogen-bond donors (Lipinski definition) is 4. The minimum atomic E-state index is -4.81. The second-order valence-electron chi connectivity index (χ2n) is 19.8. The molecule has 4 rings (SSSR count). The Labute approximate surface area is 459 Å². The maximum Gasteiger partial charge on any atom is 0.209 e. The summed E-state index contributed by atoms with van der Waals surface area (Å²) in [7, 11) is -18.6. The number of benzene rings is 2. The van der Waals surface area contributed by atoms with Gasteiger partial charge in [0.1, 0.15) is 26.8 Å². The van der Waals surface area contributed by atoms with Crippen LogP contribution in [0, 0.1) is 0 Å². The molecule has 0 amide bonds. The third-order valence-corrected chi connectivity index (χ3v) is 17.8. The van der Waals surface area contributed by atoms with Crippen molar-refractivity contribution >= 4 is 57.6 Å². The molecule has 0 fully saturated rings. The second-order valence-corrected chi connectivity index (χ2v) is 25.6. The topological polar surface area (TPSA) is 274 Å². The van der Waals surface area contributed by atoms with Crippen molar-refractivity contribution in [1.29, 1.82) is 0 Å². The Hall–Kier alpha value is -3.39. The fourth-order valence-electron chi connectivity index (χ4n) is 9.62. The fraction of sp³-hybridized carbons (Fsp3) is 0.648. The molecule has 436 valence electrons. The van der Waals surface area contributed by atoms with Crippen LogP contribution in [0.1, 0.15) is 139 Å². The van der Waals surface area contributed by atoms with Crippen LogP contribution in [0.3, 0.4) is 0 Å². The van der Waals surface area contributed by atoms with Gasteiger partial charge in [-0.25, -0.2) is 33.7 Å². The summed E-state index contributed by atoms with van der Waals surface area (Å²) in [5, 5.41) is 0. The summed E-state index contributed by atoms with van der Waals surface area (Å²) in [6.07, 6.45) is 12.4. The Morgan fingerprint density at radius 2 is 1.01 bits per heavy atom. The normalized spacial score (nSPS) is 17.1. The van der Waals surface area contributed by atoms with E-state index in [2.05, 4.69) is 62.3 Å². The number of allylic oxidation sites excluding steroid dienone is 6. The minimum Gasteiger partial charge on any atom is -0.748 e. The van der Waals surface area contributed by atoms with Gasteiger partial charge in [0, 0.05) is 59.0 Å². The van der Waals surface area contributed by atoms with E-state index in [0.29, 0.717) is 46.9 Å². The Kier molecular flexibility index (Phi) is 30.9. The van der Waals surface area contributed by atoms with Crippen LogP contribution in [0.15, 0.2) is 82.3 Å². The number of quaternary nitrogens is 3. The van der Waals surface area contributed by atoms with Crippen LogP contribution in [0.2, 0.25) is 0 Å². The van der Waals surface area contributed by atoms with Crippen molar-refractivity contribution in [1.82, 2.24) is 0 Å². The highest BCUT2D eigenvalue weighted by Gasteiger charge is 2.45. The predicted octanol–water partition coefficient (Wildman–Crippen LogP) is 3.22. The summed E-state index contributed by atoms with van der Waals surface area (Å²) in [5.74, 6) is -1.24. The van der Waals surface area contributed by atoms with Gasteiger partial charge in [0.05, 0.1) is 94.3 Å². The van der Waals surface area contributed by atoms with Gasteiger partial charge in [-0.2, -0.15) is 4.58 Å². The van der Waals surface area contributed by atoms with Crippen molar-refractivity contribution < 1.29 is 71.2 Å². The molecular formula is C54H94N6O12S4. The molecule has 0 radical (unpaired) electrons. The lowest BCUT2D eigenvalue weighted by molar-refractivity contribution is -0.894. The van der Waals surface area contributed by atoms with Gasteiger partial charge < -0.3 is 43.5 Å². The largest absolute Gasteiger partial charge is 0.748 e. The van der Waals surface area contributed by atoms with Gasteiger partial charge in [-0.1, -0.05) is 37.5 Å². The van der Waals surface area contributed by atoms with Crippen molar-refractivity contribution in [3.63, 3.8) is 0 Å². The smallest absolute Gasteiger partial charge is 0.209 e. The zero-order chi connectivity index (χ0) is 58.1. The molecule has 2 aliphatic heterocycles. The van der Waals surface area contributed by atoms with Gasteiger partial charge in [-0.05, 0) is 151 Å². The molecule has 1 atom stereocenters. The molecule has 0 spiro atoms. The number of anilines is 1. The van der Waals surface area contributed by atoms with E-state index in [1.165, 1.54) is 95.3 Å². The lowest BCUT2D eigenvalue weighted by Crippen LogP contribution is -3.11. The number of nitrogens with zero attached hydrogens (tertiary/aromatic N) is 2. The lowest BCUT2D eigenvalue weighted by atomic mass is 9.77. The number of fused-ring (bicyclic) bond motifs is 2. The summed E-state index contributed by atoms with van der Waals surface area (Å²) in [6, 6.07) is 8.01. The molecular weight excluding hydrogens is 1050 g/mol. The van der Waals surface area contributed by atoms with Crippen LogP contribution in [0.4, 0.5) is 11.4 Å². The zero-order valence-corrected chi connectivity index (χ0v) is 51.0. The van der Waals surface area contributed by atoms with Crippen molar-refractivity contribution in [2.24, 2.45) is 5.73 Å². The monoisotopic (exact) mass is 1150 g/mol. The molecule has 0 aromatic heterocycles. The van der Waals surface area contributed by atoms with Crippen molar-refractivity contribution in [3.05, 3.63) is 83.6 Å².